The Morgan fingerprint density at radius 1 is 1.00 bits per heavy atom. The third-order valence-electron chi connectivity index (χ3n) is 3.69. The number of amides is 2. The maximum absolute atomic E-state index is 12.7. The maximum atomic E-state index is 12.7. The lowest BCUT2D eigenvalue weighted by Gasteiger charge is -2.31. The van der Waals surface area contributed by atoms with Crippen molar-refractivity contribution >= 4 is 29.2 Å². The number of nitrogens with zero attached hydrogens (tertiary/aromatic N) is 1. The van der Waals surface area contributed by atoms with Crippen LogP contribution in [0.5, 0.6) is 0 Å². The molecule has 0 aromatic heterocycles. The van der Waals surface area contributed by atoms with E-state index in [0.29, 0.717) is 0 Å². The molecule has 0 unspecified atom stereocenters. The number of nitrogens with one attached hydrogen (secondary N) is 1. The van der Waals surface area contributed by atoms with Gasteiger partial charge in [0.1, 0.15) is 0 Å². The van der Waals surface area contributed by atoms with Gasteiger partial charge >= 0.3 is 6.03 Å². The number of urea groups is 1. The largest absolute Gasteiger partial charge is 0.337 e. The van der Waals surface area contributed by atoms with Gasteiger partial charge < -0.3 is 5.32 Å². The number of hydrogen-bond acceptors (Lipinski definition) is 2. The third-order valence-corrected chi connectivity index (χ3v) is 4.82. The van der Waals surface area contributed by atoms with Crippen molar-refractivity contribution in [2.75, 3.05) is 11.4 Å². The van der Waals surface area contributed by atoms with Crippen LogP contribution >= 0.6 is 11.8 Å². The molecule has 22 heavy (non-hydrogen) atoms. The topological polar surface area (TPSA) is 32.3 Å². The van der Waals surface area contributed by atoms with Gasteiger partial charge in [0.05, 0.1) is 11.4 Å². The van der Waals surface area contributed by atoms with Gasteiger partial charge in [-0.3, -0.25) is 4.90 Å². The Hall–Kier alpha value is -1.94. The molecule has 0 saturated carbocycles. The average Bonchev–Trinajstić information content (AvgIpc) is 2.56. The Morgan fingerprint density at radius 2 is 1.59 bits per heavy atom. The molecule has 1 aliphatic heterocycles. The summed E-state index contributed by atoms with van der Waals surface area (Å²) >= 11 is 1.71. The highest BCUT2D eigenvalue weighted by Gasteiger charge is 2.27. The highest BCUT2D eigenvalue weighted by atomic mass is 32.2. The molecule has 0 bridgehead atoms. The minimum absolute atomic E-state index is 0.0451. The molecule has 4 heteroatoms. The fraction of sp³-hybridized carbons (Fsp3) is 0.278. The minimum atomic E-state index is -0.0451. The van der Waals surface area contributed by atoms with Crippen LogP contribution in [0.4, 0.5) is 16.2 Å². The number of para-hydroxylation sites is 2. The Kier molecular flexibility index (Phi) is 4.68. The van der Waals surface area contributed by atoms with E-state index in [4.69, 9.17) is 0 Å². The van der Waals surface area contributed by atoms with E-state index in [1.165, 1.54) is 0 Å². The van der Waals surface area contributed by atoms with Crippen molar-refractivity contribution in [2.24, 2.45) is 0 Å². The second kappa shape index (κ2) is 6.88. The van der Waals surface area contributed by atoms with Crippen molar-refractivity contribution in [3.8, 4) is 0 Å². The van der Waals surface area contributed by atoms with E-state index in [-0.39, 0.29) is 6.03 Å². The molecular weight excluding hydrogens is 292 g/mol. The molecule has 0 atom stereocenters. The summed E-state index contributed by atoms with van der Waals surface area (Å²) in [5, 5.41) is 3.05. The van der Waals surface area contributed by atoms with Crippen molar-refractivity contribution in [2.45, 2.75) is 36.0 Å². The van der Waals surface area contributed by atoms with Crippen LogP contribution in [0.2, 0.25) is 0 Å². The number of benzene rings is 2. The van der Waals surface area contributed by atoms with Crippen molar-refractivity contribution in [3.05, 3.63) is 48.5 Å². The van der Waals surface area contributed by atoms with E-state index in [1.54, 1.807) is 16.7 Å². The van der Waals surface area contributed by atoms with Crippen LogP contribution in [-0.4, -0.2) is 12.6 Å². The molecule has 114 valence electrons. The first-order valence-corrected chi connectivity index (χ1v) is 8.57. The van der Waals surface area contributed by atoms with Crippen LogP contribution in [0.1, 0.15) is 26.2 Å². The van der Waals surface area contributed by atoms with Crippen molar-refractivity contribution < 1.29 is 4.79 Å². The smallest absolute Gasteiger partial charge is 0.326 e. The number of unbranched alkanes of at least 4 members (excludes halogenated alkanes) is 2. The minimum Gasteiger partial charge on any atom is -0.337 e. The lowest BCUT2D eigenvalue weighted by molar-refractivity contribution is 0.248. The molecule has 2 aromatic carbocycles. The van der Waals surface area contributed by atoms with Gasteiger partial charge in [-0.05, 0) is 30.7 Å². The molecule has 0 spiro atoms. The average molecular weight is 312 g/mol. The summed E-state index contributed by atoms with van der Waals surface area (Å²) in [5.74, 6) is 0. The normalized spacial score (nSPS) is 12.5. The first kappa shape index (κ1) is 15.0. The first-order valence-electron chi connectivity index (χ1n) is 7.75. The quantitative estimate of drug-likeness (QED) is 0.788. The molecule has 2 amide bonds. The Morgan fingerprint density at radius 3 is 2.18 bits per heavy atom. The Balaban J connectivity index is 1.88. The summed E-state index contributed by atoms with van der Waals surface area (Å²) in [7, 11) is 0. The molecule has 0 saturated heterocycles. The monoisotopic (exact) mass is 312 g/mol. The number of carbonyl (C=O) groups is 1. The third kappa shape index (κ3) is 2.97. The van der Waals surface area contributed by atoms with Crippen LogP contribution in [0.3, 0.4) is 0 Å². The molecule has 1 heterocycles. The number of carbonyl (C=O) groups excluding carboxylic acids is 1. The molecular formula is C18H20N2OS. The van der Waals surface area contributed by atoms with Crippen molar-refractivity contribution in [1.29, 1.82) is 0 Å². The standard InChI is InChI=1S/C18H20N2OS/c1-2-3-8-13-19-18(21)20-14-9-4-6-11-16(14)22-17-12-7-5-10-15(17)20/h4-7,9-12H,2-3,8,13H2,1H3,(H,19,21). The van der Waals surface area contributed by atoms with Gasteiger partial charge in [-0.1, -0.05) is 55.8 Å². The summed E-state index contributed by atoms with van der Waals surface area (Å²) in [6.07, 6.45) is 3.32. The van der Waals surface area contributed by atoms with Crippen LogP contribution in [0.25, 0.3) is 0 Å². The van der Waals surface area contributed by atoms with Gasteiger partial charge in [0.15, 0.2) is 0 Å². The highest BCUT2D eigenvalue weighted by molar-refractivity contribution is 7.99. The van der Waals surface area contributed by atoms with E-state index < -0.39 is 0 Å². The predicted molar refractivity (Wildman–Crippen MR) is 92.1 cm³/mol. The second-order valence-electron chi connectivity index (χ2n) is 5.31. The Labute approximate surface area is 135 Å². The molecule has 0 fully saturated rings. The van der Waals surface area contributed by atoms with Crippen molar-refractivity contribution in [1.82, 2.24) is 5.32 Å². The van der Waals surface area contributed by atoms with Crippen LogP contribution in [-0.2, 0) is 0 Å². The molecule has 1 aliphatic rings. The second-order valence-corrected chi connectivity index (χ2v) is 6.40. The van der Waals surface area contributed by atoms with Gasteiger partial charge in [0.25, 0.3) is 0 Å². The van der Waals surface area contributed by atoms with E-state index >= 15 is 0 Å². The summed E-state index contributed by atoms with van der Waals surface area (Å²) in [5.41, 5.74) is 1.92. The number of anilines is 2. The summed E-state index contributed by atoms with van der Waals surface area (Å²) in [6, 6.07) is 16.1. The molecule has 0 aliphatic carbocycles. The molecule has 0 radical (unpaired) electrons. The lowest BCUT2D eigenvalue weighted by Crippen LogP contribution is -2.38. The zero-order valence-corrected chi connectivity index (χ0v) is 13.5. The number of fused-ring (bicyclic) bond motifs is 2. The van der Waals surface area contributed by atoms with E-state index in [0.717, 1.165) is 47.0 Å². The van der Waals surface area contributed by atoms with Gasteiger partial charge in [-0.2, -0.15) is 0 Å². The zero-order valence-electron chi connectivity index (χ0n) is 12.7. The van der Waals surface area contributed by atoms with Crippen LogP contribution < -0.4 is 10.2 Å². The molecule has 3 nitrogen and oxygen atoms in total. The summed E-state index contributed by atoms with van der Waals surface area (Å²) in [4.78, 5) is 16.7. The Bertz CT molecular complexity index is 626. The van der Waals surface area contributed by atoms with Crippen LogP contribution in [0.15, 0.2) is 58.3 Å². The summed E-state index contributed by atoms with van der Waals surface area (Å²) in [6.45, 7) is 2.89. The molecule has 3 rings (SSSR count). The van der Waals surface area contributed by atoms with Crippen LogP contribution in [0, 0.1) is 0 Å². The van der Waals surface area contributed by atoms with Gasteiger partial charge in [-0.25, -0.2) is 4.79 Å². The van der Waals surface area contributed by atoms with Gasteiger partial charge in [0.2, 0.25) is 0 Å². The first-order chi connectivity index (χ1) is 10.8. The molecule has 1 N–H and O–H groups in total. The maximum Gasteiger partial charge on any atom is 0.326 e. The predicted octanol–water partition coefficient (Wildman–Crippen LogP) is 5.19. The highest BCUT2D eigenvalue weighted by Crippen LogP contribution is 2.47. The molecule has 2 aromatic rings. The number of rotatable bonds is 4. The van der Waals surface area contributed by atoms with Crippen molar-refractivity contribution in [3.63, 3.8) is 0 Å². The van der Waals surface area contributed by atoms with E-state index in [1.807, 2.05) is 36.4 Å². The lowest BCUT2D eigenvalue weighted by atomic mass is 10.2. The number of hydrogen-bond donors (Lipinski definition) is 1. The fourth-order valence-electron chi connectivity index (χ4n) is 2.57. The van der Waals surface area contributed by atoms with Gasteiger partial charge in [-0.15, -0.1) is 0 Å². The van der Waals surface area contributed by atoms with E-state index in [9.17, 15) is 4.79 Å². The van der Waals surface area contributed by atoms with E-state index in [2.05, 4.69) is 24.4 Å². The summed E-state index contributed by atoms with van der Waals surface area (Å²) < 4.78 is 0. The fourth-order valence-corrected chi connectivity index (χ4v) is 3.63. The zero-order chi connectivity index (χ0) is 15.4. The van der Waals surface area contributed by atoms with Gasteiger partial charge in [0, 0.05) is 16.3 Å². The SMILES string of the molecule is CCCCCNC(=O)N1c2ccccc2Sc2ccccc21.